The number of carbonyl (C=O) groups excluding carboxylic acids is 2. The fourth-order valence-corrected chi connectivity index (χ4v) is 2.56. The molecule has 0 fully saturated rings. The number of hydrogen-bond donors (Lipinski definition) is 5. The molecule has 0 aromatic heterocycles. The predicted molar refractivity (Wildman–Crippen MR) is 93.5 cm³/mol. The average molecular weight is 376 g/mol. The third-order valence-corrected chi connectivity index (χ3v) is 4.24. The second-order valence-corrected chi connectivity index (χ2v) is 6.55. The van der Waals surface area contributed by atoms with Gasteiger partial charge in [0.05, 0.1) is 6.61 Å². The number of rotatable bonds is 17. The highest BCUT2D eigenvalue weighted by atomic mass is 16.4. The molecule has 0 saturated carbocycles. The number of hydrogen-bond acceptors (Lipinski definition) is 7. The Kier molecular flexibility index (Phi) is 14.0. The van der Waals surface area contributed by atoms with Gasteiger partial charge in [-0.1, -0.05) is 44.9 Å². The maximum absolute atomic E-state index is 11.7. The lowest BCUT2D eigenvalue weighted by molar-refractivity contribution is -0.150. The van der Waals surface area contributed by atoms with Gasteiger partial charge in [-0.2, -0.15) is 0 Å². The Hall–Kier alpha value is -1.35. The van der Waals surface area contributed by atoms with Crippen molar-refractivity contribution >= 4 is 17.5 Å². The van der Waals surface area contributed by atoms with Gasteiger partial charge in [0.25, 0.3) is 0 Å². The van der Waals surface area contributed by atoms with Gasteiger partial charge in [-0.3, -0.25) is 14.4 Å². The van der Waals surface area contributed by atoms with E-state index in [1.165, 1.54) is 0 Å². The summed E-state index contributed by atoms with van der Waals surface area (Å²) >= 11 is 0. The van der Waals surface area contributed by atoms with Gasteiger partial charge in [-0.15, -0.1) is 0 Å². The van der Waals surface area contributed by atoms with Crippen LogP contribution in [-0.4, -0.2) is 68.0 Å². The van der Waals surface area contributed by atoms with Gasteiger partial charge in [0.1, 0.15) is 18.3 Å². The van der Waals surface area contributed by atoms with Crippen LogP contribution in [0, 0.1) is 0 Å². The van der Waals surface area contributed by atoms with E-state index in [-0.39, 0.29) is 12.8 Å². The van der Waals surface area contributed by atoms with Crippen molar-refractivity contribution in [3.8, 4) is 0 Å². The normalized spacial score (nSPS) is 14.6. The molecule has 0 aromatic rings. The summed E-state index contributed by atoms with van der Waals surface area (Å²) in [5.74, 6) is -2.70. The zero-order chi connectivity index (χ0) is 19.9. The number of aliphatic carboxylic acids is 1. The van der Waals surface area contributed by atoms with Crippen molar-refractivity contribution in [2.75, 3.05) is 6.61 Å². The summed E-state index contributed by atoms with van der Waals surface area (Å²) in [5, 5.41) is 45.3. The second kappa shape index (κ2) is 14.8. The molecule has 152 valence electrons. The molecule has 0 radical (unpaired) electrons. The Morgan fingerprint density at radius 1 is 0.692 bits per heavy atom. The molecule has 3 atom stereocenters. The fraction of sp³-hybridized carbons (Fsp3) is 0.833. The van der Waals surface area contributed by atoms with E-state index in [9.17, 15) is 24.6 Å². The van der Waals surface area contributed by atoms with Crippen LogP contribution in [0.4, 0.5) is 0 Å². The lowest BCUT2D eigenvalue weighted by Gasteiger charge is -2.19. The molecule has 0 aliphatic heterocycles. The van der Waals surface area contributed by atoms with Crippen molar-refractivity contribution in [1.82, 2.24) is 0 Å². The summed E-state index contributed by atoms with van der Waals surface area (Å²) in [6.45, 7) is -0.820. The van der Waals surface area contributed by atoms with Gasteiger partial charge in [0.15, 0.2) is 0 Å². The third kappa shape index (κ3) is 11.3. The summed E-state index contributed by atoms with van der Waals surface area (Å²) in [5.41, 5.74) is 0. The number of aliphatic hydroxyl groups is 4. The fourth-order valence-electron chi connectivity index (χ4n) is 2.56. The second-order valence-electron chi connectivity index (χ2n) is 6.55. The highest BCUT2D eigenvalue weighted by Gasteiger charge is 2.33. The molecule has 0 amide bonds. The smallest absolute Gasteiger partial charge is 0.303 e. The number of Topliss-reactive ketones (excluding diaryl/α,β-unsaturated/α-hetero) is 2. The van der Waals surface area contributed by atoms with Crippen molar-refractivity contribution in [2.24, 2.45) is 0 Å². The Morgan fingerprint density at radius 3 is 1.54 bits per heavy atom. The van der Waals surface area contributed by atoms with Crippen LogP contribution in [0.25, 0.3) is 0 Å². The topological polar surface area (TPSA) is 152 Å². The zero-order valence-electron chi connectivity index (χ0n) is 15.2. The third-order valence-electron chi connectivity index (χ3n) is 4.24. The first kappa shape index (κ1) is 24.7. The minimum absolute atomic E-state index is 0.0208. The predicted octanol–water partition coefficient (Wildman–Crippen LogP) is 0.575. The van der Waals surface area contributed by atoms with Crippen LogP contribution >= 0.6 is 0 Å². The number of carbonyl (C=O) groups is 3. The Balaban J connectivity index is 3.67. The summed E-state index contributed by atoms with van der Waals surface area (Å²) in [4.78, 5) is 33.7. The molecule has 0 aliphatic carbocycles. The lowest BCUT2D eigenvalue weighted by Crippen LogP contribution is -2.46. The molecule has 0 aliphatic rings. The van der Waals surface area contributed by atoms with Crippen LogP contribution in [0.1, 0.15) is 70.6 Å². The molecule has 8 nitrogen and oxygen atoms in total. The van der Waals surface area contributed by atoms with Gasteiger partial charge in [-0.25, -0.2) is 0 Å². The molecule has 5 N–H and O–H groups in total. The molecular weight excluding hydrogens is 344 g/mol. The van der Waals surface area contributed by atoms with Gasteiger partial charge < -0.3 is 25.5 Å². The van der Waals surface area contributed by atoms with Crippen molar-refractivity contribution in [3.05, 3.63) is 0 Å². The van der Waals surface area contributed by atoms with E-state index in [2.05, 4.69) is 0 Å². The van der Waals surface area contributed by atoms with Gasteiger partial charge in [0, 0.05) is 12.8 Å². The van der Waals surface area contributed by atoms with Gasteiger partial charge in [0.2, 0.25) is 11.6 Å². The first-order chi connectivity index (χ1) is 12.3. The minimum atomic E-state index is -2.02. The standard InChI is InChI=1S/C18H32O8/c19-12-14(21)17(25)18(26)16(24)13(20)10-8-6-4-2-1-3-5-7-9-11-15(22)23/h14,17-19,21,25-26H,1-12H2,(H,22,23)/t14-,17-,18-/m1/s1. The zero-order valence-corrected chi connectivity index (χ0v) is 15.2. The summed E-state index contributed by atoms with van der Waals surface area (Å²) in [6.07, 6.45) is 2.57. The lowest BCUT2D eigenvalue weighted by atomic mass is 9.98. The number of unbranched alkanes of at least 4 members (excludes halogenated alkanes) is 8. The first-order valence-electron chi connectivity index (χ1n) is 9.25. The molecule has 0 aromatic carbocycles. The quantitative estimate of drug-likeness (QED) is 0.182. The average Bonchev–Trinajstić information content (AvgIpc) is 2.62. The number of ketones is 2. The SMILES string of the molecule is O=C(O)CCCCCCCCCCCC(=O)C(=O)[C@@H](O)[C@H](O)[C@H](O)CO. The number of carboxylic acids is 1. The molecule has 0 bridgehead atoms. The van der Waals surface area contributed by atoms with E-state index in [0.29, 0.717) is 12.8 Å². The molecular formula is C18H32O8. The van der Waals surface area contributed by atoms with Crippen LogP contribution in [0.2, 0.25) is 0 Å². The summed E-state index contributed by atoms with van der Waals surface area (Å²) < 4.78 is 0. The largest absolute Gasteiger partial charge is 0.481 e. The molecule has 0 unspecified atom stereocenters. The maximum atomic E-state index is 11.7. The van der Waals surface area contributed by atoms with Crippen molar-refractivity contribution in [1.29, 1.82) is 0 Å². The summed E-state index contributed by atoms with van der Waals surface area (Å²) in [7, 11) is 0. The Labute approximate surface area is 153 Å². The van der Waals surface area contributed by atoms with Crippen LogP contribution in [-0.2, 0) is 14.4 Å². The summed E-state index contributed by atoms with van der Waals surface area (Å²) in [6, 6.07) is 0. The Morgan fingerprint density at radius 2 is 1.12 bits per heavy atom. The van der Waals surface area contributed by atoms with Crippen molar-refractivity contribution < 1.29 is 39.9 Å². The van der Waals surface area contributed by atoms with E-state index < -0.39 is 42.5 Å². The highest BCUT2D eigenvalue weighted by molar-refractivity contribution is 6.38. The maximum Gasteiger partial charge on any atom is 0.303 e. The van der Waals surface area contributed by atoms with Crippen LogP contribution < -0.4 is 0 Å². The van der Waals surface area contributed by atoms with E-state index in [1.54, 1.807) is 0 Å². The number of carboxylic acid groups (broad SMARTS) is 1. The van der Waals surface area contributed by atoms with E-state index in [1.807, 2.05) is 0 Å². The van der Waals surface area contributed by atoms with Crippen molar-refractivity contribution in [2.45, 2.75) is 88.9 Å². The van der Waals surface area contributed by atoms with Crippen molar-refractivity contribution in [3.63, 3.8) is 0 Å². The molecule has 0 rings (SSSR count). The first-order valence-corrected chi connectivity index (χ1v) is 9.25. The Bertz CT molecular complexity index is 423. The molecule has 0 heterocycles. The molecule has 8 heteroatoms. The molecule has 0 saturated heterocycles. The van der Waals surface area contributed by atoms with Gasteiger partial charge in [-0.05, 0) is 12.8 Å². The minimum Gasteiger partial charge on any atom is -0.481 e. The highest BCUT2D eigenvalue weighted by Crippen LogP contribution is 2.12. The van der Waals surface area contributed by atoms with Crippen LogP contribution in [0.3, 0.4) is 0 Å². The molecule has 0 spiro atoms. The van der Waals surface area contributed by atoms with Crippen LogP contribution in [0.15, 0.2) is 0 Å². The number of aliphatic hydroxyl groups excluding tert-OH is 4. The van der Waals surface area contributed by atoms with Gasteiger partial charge >= 0.3 is 5.97 Å². The van der Waals surface area contributed by atoms with E-state index >= 15 is 0 Å². The van der Waals surface area contributed by atoms with E-state index in [0.717, 1.165) is 44.9 Å². The van der Waals surface area contributed by atoms with E-state index in [4.69, 9.17) is 15.3 Å². The molecule has 26 heavy (non-hydrogen) atoms. The monoisotopic (exact) mass is 376 g/mol. The van der Waals surface area contributed by atoms with Crippen LogP contribution in [0.5, 0.6) is 0 Å².